The van der Waals surface area contributed by atoms with E-state index in [-0.39, 0.29) is 11.8 Å². The highest BCUT2D eigenvalue weighted by atomic mass is 16.2. The number of rotatable bonds is 4. The van der Waals surface area contributed by atoms with Gasteiger partial charge in [-0.05, 0) is 39.8 Å². The van der Waals surface area contributed by atoms with Gasteiger partial charge < -0.3 is 4.90 Å². The molecule has 0 bridgehead atoms. The monoisotopic (exact) mass is 371 g/mol. The summed E-state index contributed by atoms with van der Waals surface area (Å²) in [6.07, 6.45) is 6.23. The van der Waals surface area contributed by atoms with Crippen LogP contribution in [0.15, 0.2) is 6.20 Å². The van der Waals surface area contributed by atoms with Gasteiger partial charge in [0.15, 0.2) is 5.82 Å². The predicted molar refractivity (Wildman–Crippen MR) is 101 cm³/mol. The number of nitrogens with zero attached hydrogens (tertiary/aromatic N) is 5. The van der Waals surface area contributed by atoms with Crippen molar-refractivity contribution in [2.24, 2.45) is 0 Å². The second-order valence-corrected chi connectivity index (χ2v) is 8.15. The second kappa shape index (κ2) is 7.07. The van der Waals surface area contributed by atoms with Crippen molar-refractivity contribution >= 4 is 5.91 Å². The van der Waals surface area contributed by atoms with Gasteiger partial charge in [-0.25, -0.2) is 4.98 Å². The lowest BCUT2D eigenvalue weighted by Crippen LogP contribution is -2.58. The number of carbonyl (C=O) groups excluding carboxylic acids is 1. The molecule has 1 fully saturated rings. The molecule has 1 amide bonds. The first-order valence-corrected chi connectivity index (χ1v) is 9.98. The average Bonchev–Trinajstić information content (AvgIpc) is 3.36. The quantitative estimate of drug-likeness (QED) is 0.855. The molecule has 0 radical (unpaired) electrons. The third-order valence-electron chi connectivity index (χ3n) is 6.02. The number of fused-ring (bicyclic) bond motifs is 1. The van der Waals surface area contributed by atoms with Gasteiger partial charge in [-0.3, -0.25) is 19.9 Å². The van der Waals surface area contributed by atoms with Crippen molar-refractivity contribution in [1.29, 1.82) is 0 Å². The highest BCUT2D eigenvalue weighted by molar-refractivity contribution is 5.86. The molecule has 2 aromatic heterocycles. The molecule has 2 aliphatic rings. The van der Waals surface area contributed by atoms with E-state index < -0.39 is 5.54 Å². The molecule has 0 saturated carbocycles. The van der Waals surface area contributed by atoms with E-state index in [2.05, 4.69) is 44.1 Å². The van der Waals surface area contributed by atoms with Gasteiger partial charge in [0.25, 0.3) is 0 Å². The fourth-order valence-electron chi connectivity index (χ4n) is 4.30. The third kappa shape index (κ3) is 3.26. The van der Waals surface area contributed by atoms with E-state index in [0.29, 0.717) is 13.1 Å². The van der Waals surface area contributed by atoms with Gasteiger partial charge >= 0.3 is 0 Å². The van der Waals surface area contributed by atoms with Crippen molar-refractivity contribution in [2.75, 3.05) is 19.6 Å². The standard InChI is InChI=1S/C19H29N7O/c1-4-15-21-17(24-22-15)14-12-25(11-13-10-20-23-16(13)14)18(27)19(2,3)26-8-6-5-7-9-26/h10,14H,4-9,11-12H2,1-3H3,(H,20,23)(H,21,22,24). The third-order valence-corrected chi connectivity index (χ3v) is 6.02. The molecule has 1 saturated heterocycles. The van der Waals surface area contributed by atoms with Crippen molar-refractivity contribution in [1.82, 2.24) is 35.2 Å². The maximum atomic E-state index is 13.5. The molecule has 146 valence electrons. The number of nitrogens with one attached hydrogen (secondary N) is 2. The molecule has 2 aliphatic heterocycles. The van der Waals surface area contributed by atoms with Crippen LogP contribution in [-0.2, 0) is 17.8 Å². The summed E-state index contributed by atoms with van der Waals surface area (Å²) >= 11 is 0. The maximum absolute atomic E-state index is 13.5. The molecule has 0 aromatic carbocycles. The Morgan fingerprint density at radius 3 is 2.74 bits per heavy atom. The smallest absolute Gasteiger partial charge is 0.242 e. The topological polar surface area (TPSA) is 93.8 Å². The van der Waals surface area contributed by atoms with Gasteiger partial charge in [0.05, 0.1) is 23.3 Å². The Labute approximate surface area is 159 Å². The van der Waals surface area contributed by atoms with Crippen LogP contribution >= 0.6 is 0 Å². The van der Waals surface area contributed by atoms with E-state index >= 15 is 0 Å². The average molecular weight is 371 g/mol. The highest BCUT2D eigenvalue weighted by Crippen LogP contribution is 2.33. The molecule has 27 heavy (non-hydrogen) atoms. The summed E-state index contributed by atoms with van der Waals surface area (Å²) in [5, 5.41) is 14.7. The minimum atomic E-state index is -0.500. The lowest BCUT2D eigenvalue weighted by Gasteiger charge is -2.43. The molecular weight excluding hydrogens is 342 g/mol. The molecule has 0 aliphatic carbocycles. The number of aromatic amines is 2. The van der Waals surface area contributed by atoms with Crippen LogP contribution in [0.3, 0.4) is 0 Å². The molecule has 1 atom stereocenters. The van der Waals surface area contributed by atoms with Crippen molar-refractivity contribution in [3.63, 3.8) is 0 Å². The van der Waals surface area contributed by atoms with Crippen LogP contribution in [0, 0.1) is 0 Å². The number of hydrogen-bond donors (Lipinski definition) is 2. The first kappa shape index (κ1) is 18.2. The van der Waals surface area contributed by atoms with E-state index in [1.807, 2.05) is 18.0 Å². The second-order valence-electron chi connectivity index (χ2n) is 8.15. The number of aryl methyl sites for hydroxylation is 1. The van der Waals surface area contributed by atoms with E-state index in [4.69, 9.17) is 0 Å². The first-order chi connectivity index (χ1) is 13.0. The van der Waals surface area contributed by atoms with E-state index in [0.717, 1.165) is 42.4 Å². The van der Waals surface area contributed by atoms with Gasteiger partial charge in [0.2, 0.25) is 5.91 Å². The summed E-state index contributed by atoms with van der Waals surface area (Å²) in [6, 6.07) is 0. The van der Waals surface area contributed by atoms with E-state index in [1.165, 1.54) is 19.3 Å². The predicted octanol–water partition coefficient (Wildman–Crippen LogP) is 1.83. The number of piperidine rings is 1. The minimum Gasteiger partial charge on any atom is -0.336 e. The van der Waals surface area contributed by atoms with E-state index in [9.17, 15) is 4.79 Å². The zero-order chi connectivity index (χ0) is 19.0. The number of likely N-dealkylation sites (tertiary alicyclic amines) is 1. The minimum absolute atomic E-state index is 0.0751. The van der Waals surface area contributed by atoms with Crippen LogP contribution in [0.4, 0.5) is 0 Å². The summed E-state index contributed by atoms with van der Waals surface area (Å²) in [6.45, 7) is 9.31. The van der Waals surface area contributed by atoms with Crippen molar-refractivity contribution < 1.29 is 4.79 Å². The number of carbonyl (C=O) groups is 1. The molecule has 8 nitrogen and oxygen atoms in total. The molecule has 1 unspecified atom stereocenters. The lowest BCUT2D eigenvalue weighted by molar-refractivity contribution is -0.144. The normalized spacial score (nSPS) is 21.3. The Morgan fingerprint density at radius 2 is 2.04 bits per heavy atom. The van der Waals surface area contributed by atoms with Crippen molar-refractivity contribution in [3.05, 3.63) is 29.1 Å². The molecular formula is C19H29N7O. The van der Waals surface area contributed by atoms with Gasteiger partial charge in [-0.15, -0.1) is 0 Å². The van der Waals surface area contributed by atoms with Crippen molar-refractivity contribution in [2.45, 2.75) is 64.5 Å². The molecule has 0 spiro atoms. The SMILES string of the molecule is CCc1nc(C2CN(C(=O)C(C)(C)N3CCCCC3)Cc3cn[nH]c32)n[nH]1. The summed E-state index contributed by atoms with van der Waals surface area (Å²) in [5.74, 6) is 1.69. The Hall–Kier alpha value is -2.22. The zero-order valence-electron chi connectivity index (χ0n) is 16.5. The highest BCUT2D eigenvalue weighted by Gasteiger charge is 2.41. The van der Waals surface area contributed by atoms with Crippen molar-refractivity contribution in [3.8, 4) is 0 Å². The Kier molecular flexibility index (Phi) is 4.75. The fraction of sp³-hybridized carbons (Fsp3) is 0.684. The van der Waals surface area contributed by atoms with Crippen LogP contribution in [0.5, 0.6) is 0 Å². The molecule has 2 N–H and O–H groups in total. The van der Waals surface area contributed by atoms with Crippen LogP contribution in [0.2, 0.25) is 0 Å². The van der Waals surface area contributed by atoms with Gasteiger partial charge in [0.1, 0.15) is 5.82 Å². The summed E-state index contributed by atoms with van der Waals surface area (Å²) in [4.78, 5) is 22.4. The Morgan fingerprint density at radius 1 is 1.26 bits per heavy atom. The van der Waals surface area contributed by atoms with Crippen LogP contribution in [0.25, 0.3) is 0 Å². The van der Waals surface area contributed by atoms with Gasteiger partial charge in [-0.2, -0.15) is 10.2 Å². The number of hydrogen-bond acceptors (Lipinski definition) is 5. The number of H-pyrrole nitrogens is 2. The zero-order valence-corrected chi connectivity index (χ0v) is 16.5. The number of amides is 1. The van der Waals surface area contributed by atoms with Crippen LogP contribution < -0.4 is 0 Å². The first-order valence-electron chi connectivity index (χ1n) is 9.98. The summed E-state index contributed by atoms with van der Waals surface area (Å²) < 4.78 is 0. The number of aromatic nitrogens is 5. The van der Waals surface area contributed by atoms with Gasteiger partial charge in [-0.1, -0.05) is 13.3 Å². The van der Waals surface area contributed by atoms with E-state index in [1.54, 1.807) is 0 Å². The largest absolute Gasteiger partial charge is 0.336 e. The summed E-state index contributed by atoms with van der Waals surface area (Å²) in [7, 11) is 0. The molecule has 8 heteroatoms. The molecule has 4 rings (SSSR count). The van der Waals surface area contributed by atoms with Crippen LogP contribution in [0.1, 0.15) is 68.9 Å². The Balaban J connectivity index is 1.60. The van der Waals surface area contributed by atoms with Gasteiger partial charge in [0, 0.05) is 25.1 Å². The fourth-order valence-corrected chi connectivity index (χ4v) is 4.30. The lowest BCUT2D eigenvalue weighted by atomic mass is 9.92. The molecule has 4 heterocycles. The molecule has 2 aromatic rings. The Bertz CT molecular complexity index is 803. The summed E-state index contributed by atoms with van der Waals surface area (Å²) in [5.41, 5.74) is 1.58. The van der Waals surface area contributed by atoms with Crippen LogP contribution in [-0.4, -0.2) is 66.3 Å². The maximum Gasteiger partial charge on any atom is 0.242 e.